The average molecular weight is 371 g/mol. The normalized spacial score (nSPS) is 10.2. The number of aromatic nitrogens is 1. The lowest BCUT2D eigenvalue weighted by molar-refractivity contribution is -0.116. The van der Waals surface area contributed by atoms with Gasteiger partial charge in [-0.3, -0.25) is 9.78 Å². The molecule has 1 heterocycles. The predicted molar refractivity (Wildman–Crippen MR) is 86.5 cm³/mol. The van der Waals surface area contributed by atoms with E-state index >= 15 is 0 Å². The summed E-state index contributed by atoms with van der Waals surface area (Å²) in [7, 11) is 0. The number of hydrogen-bond donors (Lipinski definition) is 2. The molecular weight excluding hydrogens is 358 g/mol. The fraction of sp³-hybridized carbons (Fsp3) is 0.143. The standard InChI is InChI=1S/C14H13BrClN3O2/c15-9-5-11(8-18-7-9)21-4-3-14(20)19-13-2-1-10(17)6-12(13)16/h1-2,5-8H,3-4,17H2,(H,19,20). The number of benzene rings is 1. The SMILES string of the molecule is Nc1ccc(NC(=O)CCOc2cncc(Br)c2)c(Cl)c1. The molecule has 2 aromatic rings. The third kappa shape index (κ3) is 4.91. The van der Waals surface area contributed by atoms with E-state index in [9.17, 15) is 4.79 Å². The molecular formula is C14H13BrClN3O2. The minimum atomic E-state index is -0.190. The van der Waals surface area contributed by atoms with E-state index in [2.05, 4.69) is 26.2 Å². The molecule has 0 aliphatic rings. The number of amides is 1. The summed E-state index contributed by atoms with van der Waals surface area (Å²) in [4.78, 5) is 15.8. The Morgan fingerprint density at radius 2 is 2.19 bits per heavy atom. The summed E-state index contributed by atoms with van der Waals surface area (Å²) in [5.74, 6) is 0.410. The molecule has 21 heavy (non-hydrogen) atoms. The summed E-state index contributed by atoms with van der Waals surface area (Å²) < 4.78 is 6.26. The molecule has 0 fully saturated rings. The van der Waals surface area contributed by atoms with Crippen LogP contribution in [0.15, 0.2) is 41.1 Å². The second-order valence-electron chi connectivity index (χ2n) is 4.22. The zero-order valence-electron chi connectivity index (χ0n) is 11.0. The van der Waals surface area contributed by atoms with Crippen molar-refractivity contribution < 1.29 is 9.53 Å². The van der Waals surface area contributed by atoms with Crippen LogP contribution in [0.2, 0.25) is 5.02 Å². The number of nitrogens with one attached hydrogen (secondary N) is 1. The maximum atomic E-state index is 11.8. The molecule has 0 saturated heterocycles. The van der Waals surface area contributed by atoms with Crippen LogP contribution in [-0.4, -0.2) is 17.5 Å². The maximum absolute atomic E-state index is 11.8. The summed E-state index contributed by atoms with van der Waals surface area (Å²) in [5.41, 5.74) is 6.66. The first-order valence-electron chi connectivity index (χ1n) is 6.13. The van der Waals surface area contributed by atoms with Gasteiger partial charge in [0.25, 0.3) is 0 Å². The molecule has 1 aromatic carbocycles. The van der Waals surface area contributed by atoms with Crippen molar-refractivity contribution in [3.8, 4) is 5.75 Å². The van der Waals surface area contributed by atoms with E-state index in [4.69, 9.17) is 22.1 Å². The number of nitrogens with two attached hydrogens (primary N) is 1. The second-order valence-corrected chi connectivity index (χ2v) is 5.55. The van der Waals surface area contributed by atoms with E-state index in [1.165, 1.54) is 0 Å². The number of pyridine rings is 1. The smallest absolute Gasteiger partial charge is 0.227 e. The Balaban J connectivity index is 1.82. The number of carbonyl (C=O) groups excluding carboxylic acids is 1. The Morgan fingerprint density at radius 1 is 1.38 bits per heavy atom. The van der Waals surface area contributed by atoms with Crippen molar-refractivity contribution in [2.24, 2.45) is 0 Å². The Bertz CT molecular complexity index is 652. The molecule has 0 saturated carbocycles. The summed E-state index contributed by atoms with van der Waals surface area (Å²) in [6, 6.07) is 6.70. The number of nitrogen functional groups attached to an aromatic ring is 1. The fourth-order valence-corrected chi connectivity index (χ4v) is 2.16. The van der Waals surface area contributed by atoms with Crippen molar-refractivity contribution in [2.75, 3.05) is 17.7 Å². The van der Waals surface area contributed by atoms with E-state index in [1.807, 2.05) is 0 Å². The first kappa shape index (κ1) is 15.6. The number of hydrogen-bond acceptors (Lipinski definition) is 4. The third-order valence-corrected chi connectivity index (χ3v) is 3.29. The quantitative estimate of drug-likeness (QED) is 0.790. The second kappa shape index (κ2) is 7.28. The summed E-state index contributed by atoms with van der Waals surface area (Å²) in [6.45, 7) is 0.247. The largest absolute Gasteiger partial charge is 0.491 e. The van der Waals surface area contributed by atoms with Gasteiger partial charge < -0.3 is 15.8 Å². The van der Waals surface area contributed by atoms with Crippen LogP contribution in [0.1, 0.15) is 6.42 Å². The van der Waals surface area contributed by atoms with Crippen molar-refractivity contribution in [3.05, 3.63) is 46.2 Å². The minimum Gasteiger partial charge on any atom is -0.491 e. The first-order chi connectivity index (χ1) is 10.0. The zero-order valence-corrected chi connectivity index (χ0v) is 13.3. The van der Waals surface area contributed by atoms with E-state index in [0.717, 1.165) is 4.47 Å². The Hall–Kier alpha value is -1.79. The average Bonchev–Trinajstić information content (AvgIpc) is 2.42. The molecule has 1 amide bonds. The first-order valence-corrected chi connectivity index (χ1v) is 7.30. The van der Waals surface area contributed by atoms with E-state index in [-0.39, 0.29) is 18.9 Å². The predicted octanol–water partition coefficient (Wildman–Crippen LogP) is 3.49. The Kier molecular flexibility index (Phi) is 5.41. The van der Waals surface area contributed by atoms with Crippen LogP contribution in [0.4, 0.5) is 11.4 Å². The van der Waals surface area contributed by atoms with Gasteiger partial charge in [0.05, 0.1) is 29.9 Å². The topological polar surface area (TPSA) is 77.2 Å². The van der Waals surface area contributed by atoms with Crippen molar-refractivity contribution in [2.45, 2.75) is 6.42 Å². The van der Waals surface area contributed by atoms with E-state index in [1.54, 1.807) is 36.7 Å². The van der Waals surface area contributed by atoms with Gasteiger partial charge in [-0.15, -0.1) is 0 Å². The minimum absolute atomic E-state index is 0.190. The van der Waals surface area contributed by atoms with Crippen LogP contribution in [-0.2, 0) is 4.79 Å². The molecule has 0 bridgehead atoms. The molecule has 0 aliphatic heterocycles. The fourth-order valence-electron chi connectivity index (χ4n) is 1.58. The van der Waals surface area contributed by atoms with Crippen LogP contribution >= 0.6 is 27.5 Å². The van der Waals surface area contributed by atoms with Gasteiger partial charge >= 0.3 is 0 Å². The van der Waals surface area contributed by atoms with Crippen molar-refractivity contribution in [1.29, 1.82) is 0 Å². The molecule has 0 spiro atoms. The van der Waals surface area contributed by atoms with Crippen molar-refractivity contribution in [1.82, 2.24) is 4.98 Å². The van der Waals surface area contributed by atoms with Crippen LogP contribution in [0.5, 0.6) is 5.75 Å². The van der Waals surface area contributed by atoms with Crippen molar-refractivity contribution >= 4 is 44.8 Å². The lowest BCUT2D eigenvalue weighted by atomic mass is 10.2. The lowest BCUT2D eigenvalue weighted by Gasteiger charge is -2.09. The van der Waals surface area contributed by atoms with Crippen LogP contribution in [0.25, 0.3) is 0 Å². The molecule has 1 aromatic heterocycles. The highest BCUT2D eigenvalue weighted by molar-refractivity contribution is 9.10. The van der Waals surface area contributed by atoms with Crippen LogP contribution in [0, 0.1) is 0 Å². The van der Waals surface area contributed by atoms with Crippen molar-refractivity contribution in [3.63, 3.8) is 0 Å². The molecule has 110 valence electrons. The van der Waals surface area contributed by atoms with Gasteiger partial charge in [-0.1, -0.05) is 11.6 Å². The lowest BCUT2D eigenvalue weighted by Crippen LogP contribution is -2.15. The highest BCUT2D eigenvalue weighted by Crippen LogP contribution is 2.24. The maximum Gasteiger partial charge on any atom is 0.227 e. The van der Waals surface area contributed by atoms with Crippen LogP contribution in [0.3, 0.4) is 0 Å². The molecule has 2 rings (SSSR count). The molecule has 0 radical (unpaired) electrons. The van der Waals surface area contributed by atoms with Crippen LogP contribution < -0.4 is 15.8 Å². The van der Waals surface area contributed by atoms with E-state index in [0.29, 0.717) is 22.1 Å². The zero-order chi connectivity index (χ0) is 15.2. The molecule has 7 heteroatoms. The highest BCUT2D eigenvalue weighted by atomic mass is 79.9. The molecule has 0 aliphatic carbocycles. The monoisotopic (exact) mass is 369 g/mol. The highest BCUT2D eigenvalue weighted by Gasteiger charge is 2.06. The molecule has 0 atom stereocenters. The number of carbonyl (C=O) groups is 1. The number of rotatable bonds is 5. The molecule has 3 N–H and O–H groups in total. The third-order valence-electron chi connectivity index (χ3n) is 2.54. The number of nitrogens with zero attached hydrogens (tertiary/aromatic N) is 1. The molecule has 5 nitrogen and oxygen atoms in total. The summed E-state index contributed by atoms with van der Waals surface area (Å²) >= 11 is 9.28. The Labute approximate surface area is 135 Å². The Morgan fingerprint density at radius 3 is 2.90 bits per heavy atom. The van der Waals surface area contributed by atoms with Gasteiger partial charge in [-0.25, -0.2) is 0 Å². The summed E-state index contributed by atoms with van der Waals surface area (Å²) in [6.07, 6.45) is 3.44. The van der Waals surface area contributed by atoms with E-state index < -0.39 is 0 Å². The number of halogens is 2. The number of anilines is 2. The van der Waals surface area contributed by atoms with Gasteiger partial charge in [0.2, 0.25) is 5.91 Å². The van der Waals surface area contributed by atoms with Gasteiger partial charge in [0.15, 0.2) is 0 Å². The van der Waals surface area contributed by atoms with Gasteiger partial charge in [0, 0.05) is 16.4 Å². The van der Waals surface area contributed by atoms with Gasteiger partial charge in [-0.2, -0.15) is 0 Å². The number of ether oxygens (including phenoxy) is 1. The van der Waals surface area contributed by atoms with Gasteiger partial charge in [0.1, 0.15) is 5.75 Å². The molecule has 0 unspecified atom stereocenters. The van der Waals surface area contributed by atoms with Gasteiger partial charge in [-0.05, 0) is 40.2 Å². The summed E-state index contributed by atoms with van der Waals surface area (Å²) in [5, 5.41) is 3.11.